The maximum absolute atomic E-state index is 9.49. The van der Waals surface area contributed by atoms with Crippen LogP contribution >= 0.6 is 0 Å². The molecule has 1 saturated heterocycles. The van der Waals surface area contributed by atoms with Crippen LogP contribution in [0.2, 0.25) is 0 Å². The second-order valence-corrected chi connectivity index (χ2v) is 8.44. The Bertz CT molecular complexity index is 1500. The van der Waals surface area contributed by atoms with Crippen LogP contribution in [0.15, 0.2) is 61.2 Å². The summed E-state index contributed by atoms with van der Waals surface area (Å²) in [5.74, 6) is 1.37. The third-order valence-electron chi connectivity index (χ3n) is 6.24. The van der Waals surface area contributed by atoms with Crippen molar-refractivity contribution < 1.29 is 14.6 Å². The number of H-pyrrole nitrogens is 1. The Morgan fingerprint density at radius 3 is 3.09 bits per heavy atom. The first kappa shape index (κ1) is 21.4. The van der Waals surface area contributed by atoms with Gasteiger partial charge < -0.3 is 29.2 Å². The van der Waals surface area contributed by atoms with Crippen LogP contribution in [-0.2, 0) is 4.74 Å². The van der Waals surface area contributed by atoms with E-state index >= 15 is 0 Å². The van der Waals surface area contributed by atoms with Crippen molar-refractivity contribution >= 4 is 33.7 Å². The Morgan fingerprint density at radius 2 is 2.20 bits per heavy atom. The van der Waals surface area contributed by atoms with Gasteiger partial charge in [0.1, 0.15) is 5.75 Å². The molecule has 0 spiro atoms. The molecule has 0 radical (unpaired) electrons. The predicted molar refractivity (Wildman–Crippen MR) is 133 cm³/mol. The van der Waals surface area contributed by atoms with Gasteiger partial charge in [-0.3, -0.25) is 5.10 Å². The lowest BCUT2D eigenvalue weighted by Crippen LogP contribution is -2.44. The topological polar surface area (TPSA) is 113 Å². The minimum Gasteiger partial charge on any atom is -0.495 e. The van der Waals surface area contributed by atoms with E-state index in [1.165, 1.54) is 0 Å². The molecule has 10 heteroatoms. The third kappa shape index (κ3) is 4.02. The number of anilines is 3. The molecule has 10 nitrogen and oxygen atoms in total. The number of ether oxygens (including phenoxy) is 2. The molecule has 0 aliphatic carbocycles. The van der Waals surface area contributed by atoms with Crippen molar-refractivity contribution in [2.75, 3.05) is 43.6 Å². The van der Waals surface area contributed by atoms with Gasteiger partial charge in [0.25, 0.3) is 0 Å². The molecule has 2 aromatic carbocycles. The van der Waals surface area contributed by atoms with Crippen molar-refractivity contribution in [3.05, 3.63) is 61.2 Å². The Labute approximate surface area is 201 Å². The zero-order chi connectivity index (χ0) is 23.8. The Morgan fingerprint density at radius 1 is 1.26 bits per heavy atom. The molecular formula is C25H25N7O3. The van der Waals surface area contributed by atoms with E-state index < -0.39 is 0 Å². The van der Waals surface area contributed by atoms with Gasteiger partial charge in [-0.15, -0.1) is 0 Å². The van der Waals surface area contributed by atoms with Crippen LogP contribution in [0.1, 0.15) is 0 Å². The van der Waals surface area contributed by atoms with Gasteiger partial charge in [-0.25, -0.2) is 9.97 Å². The molecule has 0 bridgehead atoms. The molecule has 0 unspecified atom stereocenters. The van der Waals surface area contributed by atoms with E-state index in [0.29, 0.717) is 19.0 Å². The lowest BCUT2D eigenvalue weighted by Gasteiger charge is -2.34. The summed E-state index contributed by atoms with van der Waals surface area (Å²) >= 11 is 0. The molecule has 1 aliphatic heterocycles. The van der Waals surface area contributed by atoms with Crippen LogP contribution in [0.3, 0.4) is 0 Å². The summed E-state index contributed by atoms with van der Waals surface area (Å²) in [6.07, 6.45) is 7.22. The number of imidazole rings is 1. The first-order chi connectivity index (χ1) is 17.2. The number of hydrogen-bond acceptors (Lipinski definition) is 8. The molecule has 1 fully saturated rings. The maximum Gasteiger partial charge on any atom is 0.180 e. The average molecular weight is 472 g/mol. The van der Waals surface area contributed by atoms with Gasteiger partial charge in [0.05, 0.1) is 49.5 Å². The van der Waals surface area contributed by atoms with E-state index in [0.717, 1.165) is 51.5 Å². The van der Waals surface area contributed by atoms with E-state index in [2.05, 4.69) is 25.4 Å². The van der Waals surface area contributed by atoms with E-state index in [-0.39, 0.29) is 12.7 Å². The normalized spacial score (nSPS) is 16.2. The summed E-state index contributed by atoms with van der Waals surface area (Å²) in [5, 5.41) is 21.1. The first-order valence-corrected chi connectivity index (χ1v) is 11.4. The molecule has 3 N–H and O–H groups in total. The van der Waals surface area contributed by atoms with Gasteiger partial charge in [0.15, 0.2) is 11.5 Å². The SMILES string of the molecule is COc1cc(Nc2nc(-c3ccc4cn[nH]c4c3)cn3ccnc23)ccc1N1CCO[C@H](CO)C1. The molecule has 1 atom stereocenters. The van der Waals surface area contributed by atoms with Gasteiger partial charge in [-0.05, 0) is 18.2 Å². The fraction of sp³-hybridized carbons (Fsp3) is 0.240. The number of aliphatic hydroxyl groups is 1. The zero-order valence-electron chi connectivity index (χ0n) is 19.2. The van der Waals surface area contributed by atoms with Crippen molar-refractivity contribution in [2.24, 2.45) is 0 Å². The second-order valence-electron chi connectivity index (χ2n) is 8.44. The lowest BCUT2D eigenvalue weighted by molar-refractivity contribution is 0.00347. The summed E-state index contributed by atoms with van der Waals surface area (Å²) < 4.78 is 13.3. The fourth-order valence-corrected chi connectivity index (χ4v) is 4.45. The van der Waals surface area contributed by atoms with Crippen molar-refractivity contribution in [1.82, 2.24) is 24.6 Å². The molecule has 4 heterocycles. The Hall–Kier alpha value is -4.15. The highest BCUT2D eigenvalue weighted by Crippen LogP contribution is 2.34. The van der Waals surface area contributed by atoms with Crippen LogP contribution in [0.4, 0.5) is 17.2 Å². The summed E-state index contributed by atoms with van der Waals surface area (Å²) in [5.41, 5.74) is 5.24. The summed E-state index contributed by atoms with van der Waals surface area (Å²) in [7, 11) is 1.66. The smallest absolute Gasteiger partial charge is 0.180 e. The highest BCUT2D eigenvalue weighted by Gasteiger charge is 2.22. The average Bonchev–Trinajstić information content (AvgIpc) is 3.57. The number of aliphatic hydroxyl groups excluding tert-OH is 1. The van der Waals surface area contributed by atoms with Crippen molar-refractivity contribution in [2.45, 2.75) is 6.10 Å². The second kappa shape index (κ2) is 8.90. The van der Waals surface area contributed by atoms with Crippen LogP contribution in [0, 0.1) is 0 Å². The largest absolute Gasteiger partial charge is 0.495 e. The van der Waals surface area contributed by atoms with E-state index in [4.69, 9.17) is 14.5 Å². The van der Waals surface area contributed by atoms with Gasteiger partial charge in [-0.2, -0.15) is 5.10 Å². The number of aromatic amines is 1. The number of nitrogens with one attached hydrogen (secondary N) is 2. The highest BCUT2D eigenvalue weighted by molar-refractivity contribution is 5.84. The summed E-state index contributed by atoms with van der Waals surface area (Å²) in [6, 6.07) is 12.1. The number of nitrogens with zero attached hydrogens (tertiary/aromatic N) is 5. The quantitative estimate of drug-likeness (QED) is 0.346. The molecule has 6 rings (SSSR count). The summed E-state index contributed by atoms with van der Waals surface area (Å²) in [6.45, 7) is 1.90. The zero-order valence-corrected chi connectivity index (χ0v) is 19.2. The number of rotatable bonds is 6. The van der Waals surface area contributed by atoms with Crippen molar-refractivity contribution in [3.8, 4) is 17.0 Å². The van der Waals surface area contributed by atoms with Gasteiger partial charge in [0.2, 0.25) is 0 Å². The van der Waals surface area contributed by atoms with Crippen molar-refractivity contribution in [1.29, 1.82) is 0 Å². The standard InChI is InChI=1S/C25H25N7O3/c1-34-23-11-18(4-5-22(23)31-8-9-35-19(13-31)15-33)28-24-25-26-6-7-32(25)14-21(29-24)16-2-3-17-12-27-30-20(17)10-16/h2-7,10-12,14,19,33H,8-9,13,15H2,1H3,(H,27,30)(H,28,29)/t19-/m0/s1. The molecule has 5 aromatic rings. The summed E-state index contributed by atoms with van der Waals surface area (Å²) in [4.78, 5) is 11.6. The minimum atomic E-state index is -0.201. The molecule has 35 heavy (non-hydrogen) atoms. The van der Waals surface area contributed by atoms with Gasteiger partial charge in [-0.1, -0.05) is 12.1 Å². The molecule has 0 saturated carbocycles. The Kier molecular flexibility index (Phi) is 5.44. The number of fused-ring (bicyclic) bond motifs is 2. The molecule has 1 aliphatic rings. The molecule has 3 aromatic heterocycles. The van der Waals surface area contributed by atoms with Crippen molar-refractivity contribution in [3.63, 3.8) is 0 Å². The maximum atomic E-state index is 9.49. The van der Waals surface area contributed by atoms with Crippen LogP contribution in [0.25, 0.3) is 27.8 Å². The number of methoxy groups -OCH3 is 1. The van der Waals surface area contributed by atoms with Gasteiger partial charge >= 0.3 is 0 Å². The molecule has 0 amide bonds. The minimum absolute atomic E-state index is 0.00587. The first-order valence-electron chi connectivity index (χ1n) is 11.4. The van der Waals surface area contributed by atoms with Gasteiger partial charge in [0, 0.05) is 54.4 Å². The number of benzene rings is 2. The van der Waals surface area contributed by atoms with E-state index in [1.54, 1.807) is 19.5 Å². The molecule has 178 valence electrons. The number of morpholine rings is 1. The number of aromatic nitrogens is 5. The van der Waals surface area contributed by atoms with E-state index in [9.17, 15) is 5.11 Å². The fourth-order valence-electron chi connectivity index (χ4n) is 4.45. The Balaban J connectivity index is 1.34. The monoisotopic (exact) mass is 471 g/mol. The lowest BCUT2D eigenvalue weighted by atomic mass is 10.1. The van der Waals surface area contributed by atoms with E-state index in [1.807, 2.05) is 53.2 Å². The van der Waals surface area contributed by atoms with Crippen LogP contribution < -0.4 is 15.0 Å². The predicted octanol–water partition coefficient (Wildman–Crippen LogP) is 3.22. The highest BCUT2D eigenvalue weighted by atomic mass is 16.5. The van der Waals surface area contributed by atoms with Crippen LogP contribution in [0.5, 0.6) is 5.75 Å². The number of hydrogen-bond donors (Lipinski definition) is 3. The molecular weight excluding hydrogens is 446 g/mol. The van der Waals surface area contributed by atoms with Crippen LogP contribution in [-0.4, -0.2) is 69.2 Å². The third-order valence-corrected chi connectivity index (χ3v) is 6.24.